The maximum absolute atomic E-state index is 10.2. The average molecular weight is 221 g/mol. The van der Waals surface area contributed by atoms with Gasteiger partial charge in [-0.1, -0.05) is 0 Å². The summed E-state index contributed by atoms with van der Waals surface area (Å²) in [5.74, 6) is -0.0885. The average Bonchev–Trinajstić information content (AvgIpc) is 2.11. The minimum absolute atomic E-state index is 0. The molecule has 7 N–H and O–H groups in total. The van der Waals surface area contributed by atoms with Crippen LogP contribution in [-0.2, 0) is 10.1 Å². The van der Waals surface area contributed by atoms with E-state index in [1.54, 1.807) is 0 Å². The summed E-state index contributed by atoms with van der Waals surface area (Å²) in [6.45, 7) is 0. The van der Waals surface area contributed by atoms with Gasteiger partial charge in [0.25, 0.3) is 0 Å². The van der Waals surface area contributed by atoms with Crippen LogP contribution < -0.4 is 35.3 Å². The maximum Gasteiger partial charge on any atom is 1.00 e. The van der Waals surface area contributed by atoms with E-state index in [0.29, 0.717) is 0 Å². The number of anilines is 1. The van der Waals surface area contributed by atoms with E-state index in [9.17, 15) is 13.0 Å². The number of nitrogens with two attached hydrogens (primary N) is 1. The number of hydrogen-bond acceptors (Lipinski definition) is 5. The zero-order chi connectivity index (χ0) is 7.78. The second kappa shape index (κ2) is 6.32. The van der Waals surface area contributed by atoms with Gasteiger partial charge in [-0.2, -0.15) is 0 Å². The molecule has 13 heavy (non-hydrogen) atoms. The second-order valence-electron chi connectivity index (χ2n) is 1.59. The van der Waals surface area contributed by atoms with Crippen molar-refractivity contribution in [2.45, 2.75) is 5.03 Å². The van der Waals surface area contributed by atoms with Gasteiger partial charge >= 0.3 is 29.6 Å². The van der Waals surface area contributed by atoms with Crippen LogP contribution in [0.1, 0.15) is 0 Å². The molecule has 10 heteroatoms. The zero-order valence-electron chi connectivity index (χ0n) is 6.73. The molecule has 0 saturated carbocycles. The number of nitrogen functional groups attached to an aromatic ring is 1. The van der Waals surface area contributed by atoms with Crippen molar-refractivity contribution >= 4 is 16.1 Å². The van der Waals surface area contributed by atoms with Crippen LogP contribution in [0.15, 0.2) is 11.2 Å². The van der Waals surface area contributed by atoms with Crippen molar-refractivity contribution in [3.05, 3.63) is 6.20 Å². The number of rotatable bonds is 1. The third kappa shape index (κ3) is 5.21. The molecule has 0 aliphatic heterocycles. The second-order valence-corrected chi connectivity index (χ2v) is 2.93. The third-order valence-electron chi connectivity index (χ3n) is 0.841. The van der Waals surface area contributed by atoms with Crippen molar-refractivity contribution < 1.29 is 53.5 Å². The first kappa shape index (κ1) is 18.6. The quantitative estimate of drug-likeness (QED) is 0.354. The first-order valence-corrected chi connectivity index (χ1v) is 3.67. The van der Waals surface area contributed by atoms with Crippen molar-refractivity contribution in [2.24, 2.45) is 0 Å². The Kier molecular flexibility index (Phi) is 9.03. The molecule has 0 radical (unpaired) electrons. The molecule has 0 aliphatic carbocycles. The Bertz CT molecular complexity index is 335. The monoisotopic (exact) mass is 221 g/mol. The van der Waals surface area contributed by atoms with Gasteiger partial charge in [0, 0.05) is 0 Å². The van der Waals surface area contributed by atoms with Gasteiger partial charge in [0.05, 0.1) is 6.20 Å². The van der Waals surface area contributed by atoms with Gasteiger partial charge in [0.2, 0.25) is 0 Å². The fraction of sp³-hybridized carbons (Fsp3) is 0. The summed E-state index contributed by atoms with van der Waals surface area (Å²) in [5.41, 5.74) is 5.01. The molecule has 0 saturated heterocycles. The maximum atomic E-state index is 10.2. The molecule has 1 heterocycles. The first-order chi connectivity index (χ1) is 4.50. The van der Waals surface area contributed by atoms with E-state index in [-0.39, 0.29) is 46.5 Å². The molecule has 0 amide bonds. The van der Waals surface area contributed by atoms with Crippen LogP contribution in [0, 0.1) is 0 Å². The molecule has 0 bridgehead atoms. The van der Waals surface area contributed by atoms with E-state index in [2.05, 4.69) is 9.97 Å². The smallest absolute Gasteiger partial charge is 0.743 e. The van der Waals surface area contributed by atoms with E-state index < -0.39 is 15.1 Å². The Labute approximate surface area is 96.2 Å². The van der Waals surface area contributed by atoms with Gasteiger partial charge in [-0.25, -0.2) is 13.4 Å². The van der Waals surface area contributed by atoms with Gasteiger partial charge in [-0.3, -0.25) is 0 Å². The van der Waals surface area contributed by atoms with Crippen molar-refractivity contribution in [1.29, 1.82) is 0 Å². The van der Waals surface area contributed by atoms with Gasteiger partial charge in [0.1, 0.15) is 15.1 Å². The fourth-order valence-electron chi connectivity index (χ4n) is 0.446. The minimum atomic E-state index is -4.43. The fourth-order valence-corrected chi connectivity index (χ4v) is 0.857. The summed E-state index contributed by atoms with van der Waals surface area (Å²) >= 11 is 0. The standard InChI is InChI=1S/C3H5N3O3S.Na.2H2O/c4-3-5-1-2(6-3)10(7,8)9;;;/h1H,(H3,4,5,6)(H,7,8,9);;2*1H2/q;+1;;/p-1. The number of nitrogens with zero attached hydrogens (tertiary/aromatic N) is 1. The molecule has 0 spiro atoms. The van der Waals surface area contributed by atoms with E-state index in [1.807, 2.05) is 0 Å². The molecular formula is C3H8N3NaO5S. The molecule has 0 fully saturated rings. The summed E-state index contributed by atoms with van der Waals surface area (Å²) in [7, 11) is -4.43. The van der Waals surface area contributed by atoms with Crippen molar-refractivity contribution in [1.82, 2.24) is 9.97 Å². The molecule has 0 atom stereocenters. The Morgan fingerprint density at radius 3 is 2.08 bits per heavy atom. The summed E-state index contributed by atoms with van der Waals surface area (Å²) in [4.78, 5) is 5.41. The van der Waals surface area contributed by atoms with E-state index in [4.69, 9.17) is 5.73 Å². The third-order valence-corrected chi connectivity index (χ3v) is 1.59. The zero-order valence-corrected chi connectivity index (χ0v) is 9.55. The van der Waals surface area contributed by atoms with Crippen LogP contribution in [0.3, 0.4) is 0 Å². The normalized spacial score (nSPS) is 9.00. The van der Waals surface area contributed by atoms with Gasteiger partial charge in [-0.15, -0.1) is 0 Å². The largest absolute Gasteiger partial charge is 1.00 e. The molecule has 1 rings (SSSR count). The van der Waals surface area contributed by atoms with Crippen LogP contribution in [0.4, 0.5) is 5.95 Å². The van der Waals surface area contributed by atoms with E-state index in [1.165, 1.54) is 0 Å². The predicted molar refractivity (Wildman–Crippen MR) is 38.2 cm³/mol. The molecule has 1 aromatic rings. The van der Waals surface area contributed by atoms with Crippen molar-refractivity contribution in [2.75, 3.05) is 5.73 Å². The first-order valence-electron chi connectivity index (χ1n) is 2.26. The Hall–Kier alpha value is -0.160. The summed E-state index contributed by atoms with van der Waals surface area (Å²) < 4.78 is 30.5. The predicted octanol–water partition coefficient (Wildman–Crippen LogP) is -5.75. The van der Waals surface area contributed by atoms with Crippen molar-refractivity contribution in [3.63, 3.8) is 0 Å². The SMILES string of the molecule is Nc1ncc(S(=O)(=O)[O-])[nH]1.O.O.[Na+]. The van der Waals surface area contributed by atoms with Crippen LogP contribution in [0.25, 0.3) is 0 Å². The molecular weight excluding hydrogens is 213 g/mol. The summed E-state index contributed by atoms with van der Waals surface area (Å²) in [6, 6.07) is 0. The van der Waals surface area contributed by atoms with E-state index >= 15 is 0 Å². The van der Waals surface area contributed by atoms with Crippen LogP contribution in [-0.4, -0.2) is 33.9 Å². The number of aromatic amines is 1. The molecule has 0 unspecified atom stereocenters. The molecule has 1 aromatic heterocycles. The van der Waals surface area contributed by atoms with E-state index in [0.717, 1.165) is 6.20 Å². The Morgan fingerprint density at radius 1 is 1.46 bits per heavy atom. The molecule has 72 valence electrons. The Balaban J connectivity index is -0.000000333. The number of imidazole rings is 1. The topological polar surface area (TPSA) is 175 Å². The molecule has 8 nitrogen and oxygen atoms in total. The number of H-pyrrole nitrogens is 1. The summed E-state index contributed by atoms with van der Waals surface area (Å²) in [6.07, 6.45) is 0.873. The van der Waals surface area contributed by atoms with Crippen molar-refractivity contribution in [3.8, 4) is 0 Å². The summed E-state index contributed by atoms with van der Waals surface area (Å²) in [5, 5.41) is -0.509. The number of nitrogens with one attached hydrogen (secondary N) is 1. The van der Waals surface area contributed by atoms with Gasteiger partial charge in [0.15, 0.2) is 5.95 Å². The number of hydrogen-bond donors (Lipinski definition) is 2. The van der Waals surface area contributed by atoms with Crippen LogP contribution in [0.5, 0.6) is 0 Å². The molecule has 0 aliphatic rings. The van der Waals surface area contributed by atoms with Crippen LogP contribution >= 0.6 is 0 Å². The van der Waals surface area contributed by atoms with Gasteiger partial charge in [-0.05, 0) is 0 Å². The minimum Gasteiger partial charge on any atom is -0.743 e. The van der Waals surface area contributed by atoms with Crippen LogP contribution in [0.2, 0.25) is 0 Å². The Morgan fingerprint density at radius 2 is 1.92 bits per heavy atom. The van der Waals surface area contributed by atoms with Gasteiger partial charge < -0.3 is 26.2 Å². The molecule has 0 aromatic carbocycles. The number of aromatic nitrogens is 2.